The van der Waals surface area contributed by atoms with Crippen LogP contribution in [0.2, 0.25) is 0 Å². The molecule has 5 rings (SSSR count). The Hall–Kier alpha value is -4.07. The van der Waals surface area contributed by atoms with Gasteiger partial charge in [0, 0.05) is 61.2 Å². The molecule has 4 heterocycles. The second-order valence-electron chi connectivity index (χ2n) is 8.31. The Morgan fingerprint density at radius 2 is 1.73 bits per heavy atom. The molecule has 0 unspecified atom stereocenters. The summed E-state index contributed by atoms with van der Waals surface area (Å²) in [5.74, 6) is 0.322. The molecule has 8 nitrogen and oxygen atoms in total. The molecule has 2 amide bonds. The molecule has 4 aromatic rings. The molecule has 1 fully saturated rings. The first-order valence-electron chi connectivity index (χ1n) is 11.0. The Balaban J connectivity index is 1.24. The van der Waals surface area contributed by atoms with Crippen molar-refractivity contribution in [2.75, 3.05) is 18.4 Å². The number of rotatable bonds is 4. The van der Waals surface area contributed by atoms with Gasteiger partial charge in [0.1, 0.15) is 5.82 Å². The smallest absolute Gasteiger partial charge is 0.253 e. The van der Waals surface area contributed by atoms with E-state index in [1.807, 2.05) is 60.6 Å². The highest BCUT2D eigenvalue weighted by molar-refractivity contribution is 5.96. The van der Waals surface area contributed by atoms with E-state index in [1.165, 1.54) is 0 Å². The lowest BCUT2D eigenvalue weighted by Gasteiger charge is -2.31. The third-order valence-corrected chi connectivity index (χ3v) is 6.03. The van der Waals surface area contributed by atoms with Crippen molar-refractivity contribution in [3.8, 4) is 11.3 Å². The molecule has 0 bridgehead atoms. The molecule has 0 atom stereocenters. The summed E-state index contributed by atoms with van der Waals surface area (Å²) in [5, 5.41) is 8.99. The average Bonchev–Trinajstić information content (AvgIpc) is 3.30. The fourth-order valence-corrected chi connectivity index (χ4v) is 4.15. The zero-order chi connectivity index (χ0) is 22.8. The fraction of sp³-hybridized carbons (Fsp3) is 0.240. The van der Waals surface area contributed by atoms with Crippen LogP contribution >= 0.6 is 0 Å². The Kier molecular flexibility index (Phi) is 5.56. The monoisotopic (exact) mass is 440 g/mol. The normalized spacial score (nSPS) is 14.4. The van der Waals surface area contributed by atoms with Crippen LogP contribution in [0.5, 0.6) is 0 Å². The summed E-state index contributed by atoms with van der Waals surface area (Å²) in [5.41, 5.74) is 2.43. The maximum absolute atomic E-state index is 12.9. The van der Waals surface area contributed by atoms with E-state index >= 15 is 0 Å². The highest BCUT2D eigenvalue weighted by Crippen LogP contribution is 2.24. The van der Waals surface area contributed by atoms with Crippen molar-refractivity contribution in [1.29, 1.82) is 0 Å². The second kappa shape index (κ2) is 8.82. The first kappa shape index (κ1) is 20.8. The van der Waals surface area contributed by atoms with Crippen molar-refractivity contribution in [2.45, 2.75) is 12.8 Å². The van der Waals surface area contributed by atoms with Gasteiger partial charge in [-0.3, -0.25) is 19.3 Å². The Bertz CT molecular complexity index is 1310. The molecule has 0 aliphatic carbocycles. The van der Waals surface area contributed by atoms with Crippen LogP contribution in [0.1, 0.15) is 23.2 Å². The number of amides is 2. The molecule has 1 N–H and O–H groups in total. The van der Waals surface area contributed by atoms with Gasteiger partial charge in [-0.25, -0.2) is 4.98 Å². The lowest BCUT2D eigenvalue weighted by atomic mass is 9.95. The number of piperidine rings is 1. The summed E-state index contributed by atoms with van der Waals surface area (Å²) in [6.07, 6.45) is 8.43. The van der Waals surface area contributed by atoms with Gasteiger partial charge in [-0.1, -0.05) is 18.2 Å². The molecule has 3 aromatic heterocycles. The van der Waals surface area contributed by atoms with Crippen molar-refractivity contribution in [2.24, 2.45) is 13.0 Å². The number of carbonyl (C=O) groups is 2. The minimum Gasteiger partial charge on any atom is -0.339 e. The van der Waals surface area contributed by atoms with Crippen molar-refractivity contribution in [3.05, 3.63) is 72.8 Å². The SMILES string of the molecule is Cn1cc(-c2cc3cc(NC(=O)C4CCN(C(=O)c5ccccc5)CC4)ncc3cn2)cn1. The number of pyridine rings is 2. The first-order chi connectivity index (χ1) is 16.1. The minimum absolute atomic E-state index is 0.0173. The molecule has 0 spiro atoms. The van der Waals surface area contributed by atoms with E-state index in [1.54, 1.807) is 23.3 Å². The van der Waals surface area contributed by atoms with Crippen molar-refractivity contribution in [1.82, 2.24) is 24.6 Å². The van der Waals surface area contributed by atoms with Crippen molar-refractivity contribution >= 4 is 28.4 Å². The van der Waals surface area contributed by atoms with Crippen LogP contribution in [0.3, 0.4) is 0 Å². The molecule has 1 aliphatic rings. The fourth-order valence-electron chi connectivity index (χ4n) is 4.15. The number of aromatic nitrogens is 4. The van der Waals surface area contributed by atoms with E-state index in [0.29, 0.717) is 37.3 Å². The van der Waals surface area contributed by atoms with Crippen LogP contribution in [0, 0.1) is 5.92 Å². The Labute approximate surface area is 191 Å². The number of anilines is 1. The Morgan fingerprint density at radius 1 is 0.970 bits per heavy atom. The number of nitrogens with one attached hydrogen (secondary N) is 1. The topological polar surface area (TPSA) is 93.0 Å². The largest absolute Gasteiger partial charge is 0.339 e. The molecular formula is C25H24N6O2. The van der Waals surface area contributed by atoms with Gasteiger partial charge in [0.25, 0.3) is 5.91 Å². The highest BCUT2D eigenvalue weighted by Gasteiger charge is 2.28. The van der Waals surface area contributed by atoms with E-state index in [0.717, 1.165) is 22.0 Å². The minimum atomic E-state index is -0.147. The first-order valence-corrected chi connectivity index (χ1v) is 11.0. The van der Waals surface area contributed by atoms with Crippen LogP contribution < -0.4 is 5.32 Å². The standard InChI is InChI=1S/C25H24N6O2/c1-30-16-21(15-28-30)22-11-19-12-23(27-14-20(19)13-26-22)29-24(32)17-7-9-31(10-8-17)25(33)18-5-3-2-4-6-18/h2-6,11-17H,7-10H2,1H3,(H,27,29,32). The summed E-state index contributed by atoms with van der Waals surface area (Å²) >= 11 is 0. The molecule has 1 saturated heterocycles. The summed E-state index contributed by atoms with van der Waals surface area (Å²) in [6.45, 7) is 1.13. The Morgan fingerprint density at radius 3 is 2.45 bits per heavy atom. The maximum atomic E-state index is 12.9. The summed E-state index contributed by atoms with van der Waals surface area (Å²) in [4.78, 5) is 36.2. The number of carbonyl (C=O) groups excluding carboxylic acids is 2. The predicted molar refractivity (Wildman–Crippen MR) is 125 cm³/mol. The van der Waals surface area contributed by atoms with Gasteiger partial charge >= 0.3 is 0 Å². The number of fused-ring (bicyclic) bond motifs is 1. The summed E-state index contributed by atoms with van der Waals surface area (Å²) in [7, 11) is 1.87. The number of hydrogen-bond donors (Lipinski definition) is 1. The van der Waals surface area contributed by atoms with Gasteiger partial charge in [0.2, 0.25) is 5.91 Å². The van der Waals surface area contributed by atoms with E-state index in [-0.39, 0.29) is 17.7 Å². The van der Waals surface area contributed by atoms with E-state index < -0.39 is 0 Å². The van der Waals surface area contributed by atoms with Crippen LogP contribution in [-0.2, 0) is 11.8 Å². The van der Waals surface area contributed by atoms with Gasteiger partial charge in [0.15, 0.2) is 0 Å². The van der Waals surface area contributed by atoms with Crippen molar-refractivity contribution < 1.29 is 9.59 Å². The molecule has 1 aromatic carbocycles. The predicted octanol–water partition coefficient (Wildman–Crippen LogP) is 3.52. The number of likely N-dealkylation sites (tertiary alicyclic amines) is 1. The lowest BCUT2D eigenvalue weighted by molar-refractivity contribution is -0.121. The third kappa shape index (κ3) is 4.45. The lowest BCUT2D eigenvalue weighted by Crippen LogP contribution is -2.41. The van der Waals surface area contributed by atoms with Gasteiger partial charge < -0.3 is 10.2 Å². The van der Waals surface area contributed by atoms with Crippen LogP contribution in [0.15, 0.2) is 67.3 Å². The van der Waals surface area contributed by atoms with E-state index in [2.05, 4.69) is 20.4 Å². The zero-order valence-electron chi connectivity index (χ0n) is 18.3. The zero-order valence-corrected chi connectivity index (χ0v) is 18.3. The maximum Gasteiger partial charge on any atom is 0.253 e. The quantitative estimate of drug-likeness (QED) is 0.524. The third-order valence-electron chi connectivity index (χ3n) is 6.03. The molecule has 33 heavy (non-hydrogen) atoms. The van der Waals surface area contributed by atoms with Crippen LogP contribution in [0.25, 0.3) is 22.0 Å². The highest BCUT2D eigenvalue weighted by atomic mass is 16.2. The summed E-state index contributed by atoms with van der Waals surface area (Å²) in [6, 6.07) is 13.1. The van der Waals surface area contributed by atoms with Crippen molar-refractivity contribution in [3.63, 3.8) is 0 Å². The number of benzene rings is 1. The summed E-state index contributed by atoms with van der Waals surface area (Å²) < 4.78 is 1.73. The second-order valence-corrected chi connectivity index (χ2v) is 8.31. The molecule has 1 aliphatic heterocycles. The number of hydrogen-bond acceptors (Lipinski definition) is 5. The molecular weight excluding hydrogens is 416 g/mol. The number of nitrogens with zero attached hydrogens (tertiary/aromatic N) is 5. The van der Waals surface area contributed by atoms with Gasteiger partial charge in [-0.15, -0.1) is 0 Å². The molecule has 0 radical (unpaired) electrons. The van der Waals surface area contributed by atoms with Crippen LogP contribution in [-0.4, -0.2) is 49.6 Å². The molecule has 166 valence electrons. The molecule has 0 saturated carbocycles. The van der Waals surface area contributed by atoms with Gasteiger partial charge in [0.05, 0.1) is 11.9 Å². The number of aryl methyl sites for hydroxylation is 1. The molecule has 8 heteroatoms. The van der Waals surface area contributed by atoms with Crippen LogP contribution in [0.4, 0.5) is 5.82 Å². The average molecular weight is 441 g/mol. The van der Waals surface area contributed by atoms with E-state index in [9.17, 15) is 9.59 Å². The van der Waals surface area contributed by atoms with Gasteiger partial charge in [-0.2, -0.15) is 5.10 Å². The van der Waals surface area contributed by atoms with E-state index in [4.69, 9.17) is 0 Å². The van der Waals surface area contributed by atoms with Gasteiger partial charge in [-0.05, 0) is 42.5 Å².